The first kappa shape index (κ1) is 19.0. The van der Waals surface area contributed by atoms with E-state index in [1.807, 2.05) is 31.2 Å². The lowest BCUT2D eigenvalue weighted by molar-refractivity contribution is -0.116. The first-order valence-electron chi connectivity index (χ1n) is 8.63. The lowest BCUT2D eigenvalue weighted by atomic mass is 10.1. The zero-order valence-electron chi connectivity index (χ0n) is 15.3. The van der Waals surface area contributed by atoms with E-state index in [0.29, 0.717) is 17.2 Å². The molecule has 2 aromatic rings. The van der Waals surface area contributed by atoms with Gasteiger partial charge < -0.3 is 14.8 Å². The molecule has 1 aliphatic heterocycles. The van der Waals surface area contributed by atoms with Gasteiger partial charge in [-0.2, -0.15) is 0 Å². The Kier molecular flexibility index (Phi) is 5.55. The van der Waals surface area contributed by atoms with E-state index in [1.54, 1.807) is 18.2 Å². The van der Waals surface area contributed by atoms with Crippen molar-refractivity contribution in [1.82, 2.24) is 0 Å². The Bertz CT molecular complexity index is 943. The van der Waals surface area contributed by atoms with Gasteiger partial charge in [0.05, 0.1) is 11.9 Å². The molecule has 0 saturated heterocycles. The summed E-state index contributed by atoms with van der Waals surface area (Å²) >= 11 is 0. The highest BCUT2D eigenvalue weighted by atomic mass is 32.2. The Morgan fingerprint density at radius 3 is 2.63 bits per heavy atom. The fraction of sp³-hybridized carbons (Fsp3) is 0.316. The molecule has 1 N–H and O–H groups in total. The lowest BCUT2D eigenvalue weighted by Crippen LogP contribution is -2.33. The number of aryl methyl sites for hydroxylation is 1. The number of sulfonamides is 1. The van der Waals surface area contributed by atoms with E-state index in [4.69, 9.17) is 9.47 Å². The predicted octanol–water partition coefficient (Wildman–Crippen LogP) is 2.77. The molecule has 27 heavy (non-hydrogen) atoms. The Labute approximate surface area is 158 Å². The van der Waals surface area contributed by atoms with Gasteiger partial charge in [0, 0.05) is 24.7 Å². The van der Waals surface area contributed by atoms with Crippen molar-refractivity contribution in [3.8, 4) is 11.5 Å². The summed E-state index contributed by atoms with van der Waals surface area (Å²) in [5.41, 5.74) is 2.21. The first-order chi connectivity index (χ1) is 12.9. The molecule has 0 aliphatic carbocycles. The van der Waals surface area contributed by atoms with Gasteiger partial charge in [0.1, 0.15) is 0 Å². The standard InChI is InChI=1S/C19H22N2O5S/c1-3-14-6-4-5-7-16(14)20-19(22)10-11-21(27(2,23)24)15-8-9-17-18(12-15)26-13-25-17/h4-9,12H,3,10-11,13H2,1-2H3,(H,20,22). The second-order valence-electron chi connectivity index (χ2n) is 6.18. The third-order valence-electron chi connectivity index (χ3n) is 4.26. The minimum absolute atomic E-state index is 0.0264. The molecule has 0 spiro atoms. The van der Waals surface area contributed by atoms with E-state index in [0.717, 1.165) is 23.9 Å². The first-order valence-corrected chi connectivity index (χ1v) is 10.5. The molecule has 144 valence electrons. The molecule has 0 saturated carbocycles. The molecule has 0 aromatic heterocycles. The average molecular weight is 390 g/mol. The third-order valence-corrected chi connectivity index (χ3v) is 5.45. The van der Waals surface area contributed by atoms with E-state index in [1.165, 1.54) is 4.31 Å². The molecule has 0 radical (unpaired) electrons. The summed E-state index contributed by atoms with van der Waals surface area (Å²) < 4.78 is 36.2. The van der Waals surface area contributed by atoms with Crippen LogP contribution in [0, 0.1) is 0 Å². The fourth-order valence-electron chi connectivity index (χ4n) is 2.89. The number of anilines is 2. The van der Waals surface area contributed by atoms with Gasteiger partial charge in [-0.05, 0) is 30.2 Å². The van der Waals surface area contributed by atoms with Crippen LogP contribution in [-0.4, -0.2) is 33.9 Å². The predicted molar refractivity (Wildman–Crippen MR) is 104 cm³/mol. The topological polar surface area (TPSA) is 84.9 Å². The maximum absolute atomic E-state index is 12.4. The Morgan fingerprint density at radius 1 is 1.15 bits per heavy atom. The molecule has 1 amide bonds. The smallest absolute Gasteiger partial charge is 0.232 e. The quantitative estimate of drug-likeness (QED) is 0.786. The molecule has 8 heteroatoms. The van der Waals surface area contributed by atoms with Gasteiger partial charge in [0.2, 0.25) is 22.7 Å². The van der Waals surface area contributed by atoms with Crippen molar-refractivity contribution in [2.45, 2.75) is 19.8 Å². The number of nitrogens with one attached hydrogen (secondary N) is 1. The van der Waals surface area contributed by atoms with Crippen molar-refractivity contribution < 1.29 is 22.7 Å². The van der Waals surface area contributed by atoms with Gasteiger partial charge in [-0.3, -0.25) is 9.10 Å². The van der Waals surface area contributed by atoms with Crippen LogP contribution in [0.5, 0.6) is 11.5 Å². The number of ether oxygens (including phenoxy) is 2. The van der Waals surface area contributed by atoms with Crippen LogP contribution in [0.15, 0.2) is 42.5 Å². The summed E-state index contributed by atoms with van der Waals surface area (Å²) in [5, 5.41) is 2.86. The highest BCUT2D eigenvalue weighted by Crippen LogP contribution is 2.36. The summed E-state index contributed by atoms with van der Waals surface area (Å²) in [6.07, 6.45) is 1.94. The SMILES string of the molecule is CCc1ccccc1NC(=O)CCN(c1ccc2c(c1)OCO2)S(C)(=O)=O. The molecule has 0 atom stereocenters. The van der Waals surface area contributed by atoms with Crippen molar-refractivity contribution in [2.24, 2.45) is 0 Å². The number of carbonyl (C=O) groups excluding carboxylic acids is 1. The number of nitrogens with zero attached hydrogens (tertiary/aromatic N) is 1. The van der Waals surface area contributed by atoms with Crippen LogP contribution in [0.4, 0.5) is 11.4 Å². The summed E-state index contributed by atoms with van der Waals surface area (Å²) in [6, 6.07) is 12.5. The third kappa shape index (κ3) is 4.51. The molecular weight excluding hydrogens is 368 g/mol. The number of carbonyl (C=O) groups is 1. The molecule has 1 heterocycles. The van der Waals surface area contributed by atoms with Crippen molar-refractivity contribution >= 4 is 27.3 Å². The van der Waals surface area contributed by atoms with Crippen LogP contribution >= 0.6 is 0 Å². The van der Waals surface area contributed by atoms with Gasteiger partial charge in [-0.15, -0.1) is 0 Å². The molecular formula is C19H22N2O5S. The number of para-hydroxylation sites is 1. The van der Waals surface area contributed by atoms with E-state index in [2.05, 4.69) is 5.32 Å². The average Bonchev–Trinajstić information content (AvgIpc) is 3.09. The number of rotatable bonds is 7. The number of fused-ring (bicyclic) bond motifs is 1. The summed E-state index contributed by atoms with van der Waals surface area (Å²) in [4.78, 5) is 12.4. The second kappa shape index (κ2) is 7.87. The summed E-state index contributed by atoms with van der Waals surface area (Å²) in [7, 11) is -3.56. The van der Waals surface area contributed by atoms with E-state index in [9.17, 15) is 13.2 Å². The van der Waals surface area contributed by atoms with Crippen molar-refractivity contribution in [1.29, 1.82) is 0 Å². The monoisotopic (exact) mass is 390 g/mol. The van der Waals surface area contributed by atoms with Gasteiger partial charge >= 0.3 is 0 Å². The van der Waals surface area contributed by atoms with Crippen LogP contribution in [0.3, 0.4) is 0 Å². The van der Waals surface area contributed by atoms with Gasteiger partial charge in [0.15, 0.2) is 11.5 Å². The van der Waals surface area contributed by atoms with Crippen molar-refractivity contribution in [3.63, 3.8) is 0 Å². The Hall–Kier alpha value is -2.74. The minimum atomic E-state index is -3.56. The zero-order chi connectivity index (χ0) is 19.4. The largest absolute Gasteiger partial charge is 0.454 e. The number of hydrogen-bond acceptors (Lipinski definition) is 5. The lowest BCUT2D eigenvalue weighted by Gasteiger charge is -2.22. The van der Waals surface area contributed by atoms with Crippen LogP contribution in [0.25, 0.3) is 0 Å². The second-order valence-corrected chi connectivity index (χ2v) is 8.09. The highest BCUT2D eigenvalue weighted by Gasteiger charge is 2.22. The van der Waals surface area contributed by atoms with Crippen molar-refractivity contribution in [2.75, 3.05) is 29.2 Å². The van der Waals surface area contributed by atoms with E-state index in [-0.39, 0.29) is 25.7 Å². The van der Waals surface area contributed by atoms with Gasteiger partial charge in [-0.25, -0.2) is 8.42 Å². The maximum Gasteiger partial charge on any atom is 0.232 e. The number of benzene rings is 2. The molecule has 7 nitrogen and oxygen atoms in total. The van der Waals surface area contributed by atoms with E-state index >= 15 is 0 Å². The van der Waals surface area contributed by atoms with Crippen LogP contribution in [0.1, 0.15) is 18.9 Å². The van der Waals surface area contributed by atoms with Crippen LogP contribution in [-0.2, 0) is 21.2 Å². The number of amides is 1. The minimum Gasteiger partial charge on any atom is -0.454 e. The fourth-order valence-corrected chi connectivity index (χ4v) is 3.81. The van der Waals surface area contributed by atoms with Crippen LogP contribution < -0.4 is 19.1 Å². The Balaban J connectivity index is 1.71. The molecule has 3 rings (SSSR count). The molecule has 0 fully saturated rings. The molecule has 0 unspecified atom stereocenters. The van der Waals surface area contributed by atoms with E-state index < -0.39 is 10.0 Å². The highest BCUT2D eigenvalue weighted by molar-refractivity contribution is 7.92. The Morgan fingerprint density at radius 2 is 1.89 bits per heavy atom. The van der Waals surface area contributed by atoms with Gasteiger partial charge in [-0.1, -0.05) is 25.1 Å². The molecule has 2 aromatic carbocycles. The van der Waals surface area contributed by atoms with Gasteiger partial charge in [0.25, 0.3) is 0 Å². The number of hydrogen-bond donors (Lipinski definition) is 1. The normalized spacial score (nSPS) is 12.7. The summed E-state index contributed by atoms with van der Waals surface area (Å²) in [6.45, 7) is 2.14. The maximum atomic E-state index is 12.4. The zero-order valence-corrected chi connectivity index (χ0v) is 16.1. The molecule has 1 aliphatic rings. The molecule has 0 bridgehead atoms. The van der Waals surface area contributed by atoms with Crippen molar-refractivity contribution in [3.05, 3.63) is 48.0 Å². The van der Waals surface area contributed by atoms with Crippen LogP contribution in [0.2, 0.25) is 0 Å². The summed E-state index contributed by atoms with van der Waals surface area (Å²) in [5.74, 6) is 0.814.